The molecule has 1 aromatic carbocycles. The minimum Gasteiger partial charge on any atom is -0.298 e. The summed E-state index contributed by atoms with van der Waals surface area (Å²) in [7, 11) is -3.84. The van der Waals surface area contributed by atoms with E-state index in [1.165, 1.54) is 13.8 Å². The van der Waals surface area contributed by atoms with E-state index in [4.69, 9.17) is 0 Å². The highest BCUT2D eigenvalue weighted by atomic mass is 32.2. The largest absolute Gasteiger partial charge is 0.298 e. The van der Waals surface area contributed by atoms with E-state index in [2.05, 4.69) is 4.72 Å². The van der Waals surface area contributed by atoms with Gasteiger partial charge >= 0.3 is 0 Å². The Labute approximate surface area is 104 Å². The van der Waals surface area contributed by atoms with Crippen LogP contribution in [0, 0.1) is 10.1 Å². The van der Waals surface area contributed by atoms with Gasteiger partial charge in [0.25, 0.3) is 5.69 Å². The Hall–Kier alpha value is -1.80. The molecule has 0 aromatic heterocycles. The second-order valence-electron chi connectivity index (χ2n) is 3.70. The third-order valence-electron chi connectivity index (χ3n) is 2.30. The number of carbonyl (C=O) groups excluding carboxylic acids is 1. The van der Waals surface area contributed by atoms with Crippen molar-refractivity contribution in [1.29, 1.82) is 0 Å². The lowest BCUT2D eigenvalue weighted by atomic mass is 10.3. The molecular formula is C10H12N2O5S. The Morgan fingerprint density at radius 1 is 1.33 bits per heavy atom. The topological polar surface area (TPSA) is 106 Å². The normalized spacial score (nSPS) is 13.0. The van der Waals surface area contributed by atoms with Gasteiger partial charge in [0.05, 0.1) is 15.9 Å². The van der Waals surface area contributed by atoms with Gasteiger partial charge in [-0.2, -0.15) is 0 Å². The maximum Gasteiger partial charge on any atom is 0.269 e. The van der Waals surface area contributed by atoms with Gasteiger partial charge < -0.3 is 0 Å². The molecule has 1 N–H and O–H groups in total. The van der Waals surface area contributed by atoms with Crippen molar-refractivity contribution in [1.82, 2.24) is 4.72 Å². The summed E-state index contributed by atoms with van der Waals surface area (Å²) in [5, 5.41) is 10.4. The number of carbonyl (C=O) groups is 1. The fourth-order valence-corrected chi connectivity index (χ4v) is 2.39. The lowest BCUT2D eigenvalue weighted by molar-refractivity contribution is -0.384. The fourth-order valence-electron chi connectivity index (χ4n) is 1.13. The zero-order valence-electron chi connectivity index (χ0n) is 9.78. The van der Waals surface area contributed by atoms with E-state index in [1.54, 1.807) is 0 Å². The predicted octanol–water partition coefficient (Wildman–Crippen LogP) is 0.851. The molecular weight excluding hydrogens is 260 g/mol. The van der Waals surface area contributed by atoms with Crippen molar-refractivity contribution in [3.8, 4) is 0 Å². The third-order valence-corrected chi connectivity index (χ3v) is 3.86. The Bertz CT molecular complexity index is 564. The number of rotatable bonds is 5. The van der Waals surface area contributed by atoms with Crippen molar-refractivity contribution in [3.63, 3.8) is 0 Å². The van der Waals surface area contributed by atoms with Crippen molar-refractivity contribution in [2.24, 2.45) is 0 Å². The molecule has 0 spiro atoms. The first-order chi connectivity index (χ1) is 8.24. The molecule has 98 valence electrons. The van der Waals surface area contributed by atoms with Crippen LogP contribution in [0.4, 0.5) is 5.69 Å². The highest BCUT2D eigenvalue weighted by molar-refractivity contribution is 7.89. The molecule has 0 aliphatic carbocycles. The van der Waals surface area contributed by atoms with Crippen LogP contribution in [0.3, 0.4) is 0 Å². The van der Waals surface area contributed by atoms with E-state index >= 15 is 0 Å². The van der Waals surface area contributed by atoms with Crippen LogP contribution in [0.15, 0.2) is 29.2 Å². The molecule has 0 fully saturated rings. The summed E-state index contributed by atoms with van der Waals surface area (Å²) in [6, 6.07) is 3.57. The Morgan fingerprint density at radius 2 is 1.83 bits per heavy atom. The Balaban J connectivity index is 2.99. The Morgan fingerprint density at radius 3 is 2.22 bits per heavy atom. The number of nitro groups is 1. The van der Waals surface area contributed by atoms with Gasteiger partial charge in [-0.25, -0.2) is 13.1 Å². The number of nitrogens with one attached hydrogen (secondary N) is 1. The number of sulfonamides is 1. The second kappa shape index (κ2) is 5.23. The van der Waals surface area contributed by atoms with Crippen molar-refractivity contribution in [2.75, 3.05) is 0 Å². The first kappa shape index (κ1) is 14.3. The van der Waals surface area contributed by atoms with Gasteiger partial charge in [0.15, 0.2) is 0 Å². The molecule has 18 heavy (non-hydrogen) atoms. The average molecular weight is 272 g/mol. The molecule has 0 amide bonds. The van der Waals surface area contributed by atoms with Crippen LogP contribution in [0.5, 0.6) is 0 Å². The first-order valence-corrected chi connectivity index (χ1v) is 6.49. The van der Waals surface area contributed by atoms with Crippen LogP contribution in [-0.4, -0.2) is 25.2 Å². The monoisotopic (exact) mass is 272 g/mol. The SMILES string of the molecule is CC(=O)C(C)NS(=O)(=O)c1ccc([N+](=O)[O-])cc1. The predicted molar refractivity (Wildman–Crippen MR) is 63.6 cm³/mol. The van der Waals surface area contributed by atoms with Crippen LogP contribution in [0.1, 0.15) is 13.8 Å². The quantitative estimate of drug-likeness (QED) is 0.631. The molecule has 7 nitrogen and oxygen atoms in total. The summed E-state index contributed by atoms with van der Waals surface area (Å²) >= 11 is 0. The number of nitro benzene ring substituents is 1. The van der Waals surface area contributed by atoms with E-state index in [0.717, 1.165) is 24.3 Å². The number of nitrogens with zero attached hydrogens (tertiary/aromatic N) is 1. The molecule has 1 aromatic rings. The number of Topliss-reactive ketones (excluding diaryl/α,β-unsaturated/α-hetero) is 1. The fraction of sp³-hybridized carbons (Fsp3) is 0.300. The highest BCUT2D eigenvalue weighted by Crippen LogP contribution is 2.15. The van der Waals surface area contributed by atoms with Crippen LogP contribution in [-0.2, 0) is 14.8 Å². The summed E-state index contributed by atoms with van der Waals surface area (Å²) in [5.74, 6) is -0.319. The van der Waals surface area contributed by atoms with Crippen molar-refractivity contribution in [3.05, 3.63) is 34.4 Å². The molecule has 0 bridgehead atoms. The zero-order chi connectivity index (χ0) is 13.9. The van der Waals surface area contributed by atoms with Crippen LogP contribution >= 0.6 is 0 Å². The van der Waals surface area contributed by atoms with Crippen LogP contribution < -0.4 is 4.72 Å². The number of ketones is 1. The minimum atomic E-state index is -3.84. The van der Waals surface area contributed by atoms with Gasteiger partial charge in [-0.3, -0.25) is 14.9 Å². The summed E-state index contributed by atoms with van der Waals surface area (Å²) in [6.07, 6.45) is 0. The van der Waals surface area contributed by atoms with Gasteiger partial charge in [-0.15, -0.1) is 0 Å². The maximum atomic E-state index is 11.8. The Kier molecular flexibility index (Phi) is 4.15. The molecule has 0 saturated carbocycles. The minimum absolute atomic E-state index is 0.124. The molecule has 0 aliphatic rings. The lowest BCUT2D eigenvalue weighted by Gasteiger charge is -2.10. The van der Waals surface area contributed by atoms with E-state index in [1.807, 2.05) is 0 Å². The summed E-state index contributed by atoms with van der Waals surface area (Å²) in [4.78, 5) is 20.7. The molecule has 0 saturated heterocycles. The molecule has 0 heterocycles. The van der Waals surface area contributed by atoms with Crippen LogP contribution in [0.25, 0.3) is 0 Å². The summed E-state index contributed by atoms with van der Waals surface area (Å²) < 4.78 is 25.8. The summed E-state index contributed by atoms with van der Waals surface area (Å²) in [5.41, 5.74) is -0.200. The second-order valence-corrected chi connectivity index (χ2v) is 5.42. The van der Waals surface area contributed by atoms with E-state index in [-0.39, 0.29) is 16.4 Å². The number of hydrogen-bond donors (Lipinski definition) is 1. The van der Waals surface area contributed by atoms with Gasteiger partial charge in [-0.05, 0) is 26.0 Å². The number of benzene rings is 1. The molecule has 0 radical (unpaired) electrons. The molecule has 8 heteroatoms. The van der Waals surface area contributed by atoms with Gasteiger partial charge in [0.2, 0.25) is 10.0 Å². The summed E-state index contributed by atoms with van der Waals surface area (Å²) in [6.45, 7) is 2.69. The maximum absolute atomic E-state index is 11.8. The lowest BCUT2D eigenvalue weighted by Crippen LogP contribution is -2.37. The number of non-ortho nitro benzene ring substituents is 1. The van der Waals surface area contributed by atoms with E-state index < -0.39 is 21.0 Å². The van der Waals surface area contributed by atoms with Crippen molar-refractivity contribution in [2.45, 2.75) is 24.8 Å². The van der Waals surface area contributed by atoms with Crippen LogP contribution in [0.2, 0.25) is 0 Å². The van der Waals surface area contributed by atoms with E-state index in [0.29, 0.717) is 0 Å². The molecule has 1 unspecified atom stereocenters. The number of hydrogen-bond acceptors (Lipinski definition) is 5. The smallest absolute Gasteiger partial charge is 0.269 e. The third kappa shape index (κ3) is 3.34. The molecule has 0 aliphatic heterocycles. The van der Waals surface area contributed by atoms with Crippen molar-refractivity contribution < 1.29 is 18.1 Å². The van der Waals surface area contributed by atoms with E-state index in [9.17, 15) is 23.3 Å². The zero-order valence-corrected chi connectivity index (χ0v) is 10.6. The highest BCUT2D eigenvalue weighted by Gasteiger charge is 2.20. The van der Waals surface area contributed by atoms with Gasteiger partial charge in [0.1, 0.15) is 5.78 Å². The van der Waals surface area contributed by atoms with Gasteiger partial charge in [-0.1, -0.05) is 0 Å². The standard InChI is InChI=1S/C10H12N2O5S/c1-7(8(2)13)11-18(16,17)10-5-3-9(4-6-10)12(14)15/h3-7,11H,1-2H3. The first-order valence-electron chi connectivity index (χ1n) is 5.01. The van der Waals surface area contributed by atoms with Crippen molar-refractivity contribution >= 4 is 21.5 Å². The molecule has 1 atom stereocenters. The van der Waals surface area contributed by atoms with Gasteiger partial charge in [0, 0.05) is 12.1 Å². The average Bonchev–Trinajstić information content (AvgIpc) is 2.28. The molecule has 1 rings (SSSR count).